The SMILES string of the molecule is Cc1ccc(CC(O)c2ncccc2Cl)c(Cl)c1. The Morgan fingerprint density at radius 3 is 2.67 bits per heavy atom. The third-order valence-corrected chi connectivity index (χ3v) is 3.40. The van der Waals surface area contributed by atoms with E-state index in [1.807, 2.05) is 25.1 Å². The van der Waals surface area contributed by atoms with Crippen LogP contribution in [0.5, 0.6) is 0 Å². The van der Waals surface area contributed by atoms with E-state index in [2.05, 4.69) is 4.98 Å². The fourth-order valence-corrected chi connectivity index (χ4v) is 2.33. The van der Waals surface area contributed by atoms with Gasteiger partial charge < -0.3 is 5.11 Å². The molecule has 0 aliphatic heterocycles. The standard InChI is InChI=1S/C14H13Cl2NO/c1-9-4-5-10(12(16)7-9)8-13(18)14-11(15)3-2-6-17-14/h2-7,13,18H,8H2,1H3. The molecule has 4 heteroatoms. The molecule has 2 aromatic rings. The highest BCUT2D eigenvalue weighted by molar-refractivity contribution is 6.31. The predicted octanol–water partition coefficient (Wildman–Crippen LogP) is 3.97. The van der Waals surface area contributed by atoms with Crippen molar-refractivity contribution in [2.45, 2.75) is 19.4 Å². The van der Waals surface area contributed by atoms with Crippen LogP contribution < -0.4 is 0 Å². The lowest BCUT2D eigenvalue weighted by atomic mass is 10.0. The summed E-state index contributed by atoms with van der Waals surface area (Å²) in [6, 6.07) is 9.20. The summed E-state index contributed by atoms with van der Waals surface area (Å²) < 4.78 is 0. The molecule has 94 valence electrons. The molecule has 0 radical (unpaired) electrons. The number of pyridine rings is 1. The lowest BCUT2D eigenvalue weighted by Gasteiger charge is -2.12. The molecule has 0 fully saturated rings. The molecule has 1 aromatic carbocycles. The van der Waals surface area contributed by atoms with Crippen LogP contribution in [0.2, 0.25) is 10.0 Å². The highest BCUT2D eigenvalue weighted by atomic mass is 35.5. The minimum atomic E-state index is -0.751. The van der Waals surface area contributed by atoms with Crippen molar-refractivity contribution in [3.63, 3.8) is 0 Å². The number of aromatic nitrogens is 1. The molecule has 0 aliphatic carbocycles. The van der Waals surface area contributed by atoms with Crippen LogP contribution in [0.1, 0.15) is 22.9 Å². The number of rotatable bonds is 3. The molecular formula is C14H13Cl2NO. The van der Waals surface area contributed by atoms with E-state index in [1.165, 1.54) is 0 Å². The summed E-state index contributed by atoms with van der Waals surface area (Å²) in [6.07, 6.45) is 1.26. The minimum absolute atomic E-state index is 0.399. The zero-order valence-corrected chi connectivity index (χ0v) is 11.4. The van der Waals surface area contributed by atoms with Crippen LogP contribution in [0.3, 0.4) is 0 Å². The summed E-state index contributed by atoms with van der Waals surface area (Å²) in [4.78, 5) is 4.10. The van der Waals surface area contributed by atoms with Gasteiger partial charge in [-0.3, -0.25) is 4.98 Å². The highest BCUT2D eigenvalue weighted by Crippen LogP contribution is 2.26. The molecule has 1 aromatic heterocycles. The van der Waals surface area contributed by atoms with Crippen molar-refractivity contribution >= 4 is 23.2 Å². The molecular weight excluding hydrogens is 269 g/mol. The van der Waals surface area contributed by atoms with Crippen molar-refractivity contribution in [2.24, 2.45) is 0 Å². The maximum Gasteiger partial charge on any atom is 0.102 e. The maximum absolute atomic E-state index is 10.1. The first-order valence-electron chi connectivity index (χ1n) is 5.61. The molecule has 1 atom stereocenters. The van der Waals surface area contributed by atoms with E-state index in [1.54, 1.807) is 18.3 Å². The third kappa shape index (κ3) is 3.02. The Morgan fingerprint density at radius 1 is 1.22 bits per heavy atom. The summed E-state index contributed by atoms with van der Waals surface area (Å²) in [5.74, 6) is 0. The van der Waals surface area contributed by atoms with Crippen LogP contribution >= 0.6 is 23.2 Å². The lowest BCUT2D eigenvalue weighted by Crippen LogP contribution is -2.05. The first-order chi connectivity index (χ1) is 8.58. The largest absolute Gasteiger partial charge is 0.386 e. The molecule has 1 N–H and O–H groups in total. The van der Waals surface area contributed by atoms with Gasteiger partial charge in [0.2, 0.25) is 0 Å². The van der Waals surface area contributed by atoms with Gasteiger partial charge in [0.25, 0.3) is 0 Å². The number of aryl methyl sites for hydroxylation is 1. The molecule has 0 saturated heterocycles. The first-order valence-corrected chi connectivity index (χ1v) is 6.37. The molecule has 18 heavy (non-hydrogen) atoms. The van der Waals surface area contributed by atoms with Crippen LogP contribution in [0, 0.1) is 6.92 Å². The van der Waals surface area contributed by atoms with Crippen LogP contribution in [-0.4, -0.2) is 10.1 Å². The fourth-order valence-electron chi connectivity index (χ4n) is 1.77. The zero-order chi connectivity index (χ0) is 13.1. The molecule has 2 rings (SSSR count). The summed E-state index contributed by atoms with van der Waals surface area (Å²) in [5.41, 5.74) is 2.46. The topological polar surface area (TPSA) is 33.1 Å². The summed E-state index contributed by atoms with van der Waals surface area (Å²) >= 11 is 12.1. The molecule has 0 bridgehead atoms. The van der Waals surface area contributed by atoms with Gasteiger partial charge in [-0.1, -0.05) is 35.3 Å². The van der Waals surface area contributed by atoms with Gasteiger partial charge in [-0.05, 0) is 36.2 Å². The van der Waals surface area contributed by atoms with Crippen LogP contribution in [0.4, 0.5) is 0 Å². The number of benzene rings is 1. The van der Waals surface area contributed by atoms with Gasteiger partial charge in [0.1, 0.15) is 6.10 Å². The highest BCUT2D eigenvalue weighted by Gasteiger charge is 2.15. The predicted molar refractivity (Wildman–Crippen MR) is 74.1 cm³/mol. The van der Waals surface area contributed by atoms with E-state index in [9.17, 15) is 5.11 Å². The van der Waals surface area contributed by atoms with Gasteiger partial charge in [0.05, 0.1) is 10.7 Å². The van der Waals surface area contributed by atoms with Crippen LogP contribution in [0.25, 0.3) is 0 Å². The number of aliphatic hydroxyl groups is 1. The smallest absolute Gasteiger partial charge is 0.102 e. The zero-order valence-electron chi connectivity index (χ0n) is 9.90. The first kappa shape index (κ1) is 13.3. The minimum Gasteiger partial charge on any atom is -0.386 e. The van der Waals surface area contributed by atoms with Crippen molar-refractivity contribution in [1.29, 1.82) is 0 Å². The molecule has 0 aliphatic rings. The van der Waals surface area contributed by atoms with Crippen molar-refractivity contribution < 1.29 is 5.11 Å². The Bertz CT molecular complexity index is 557. The van der Waals surface area contributed by atoms with Gasteiger partial charge in [0, 0.05) is 17.6 Å². The molecule has 0 spiro atoms. The van der Waals surface area contributed by atoms with E-state index < -0.39 is 6.10 Å². The van der Waals surface area contributed by atoms with E-state index in [0.717, 1.165) is 11.1 Å². The van der Waals surface area contributed by atoms with E-state index in [0.29, 0.717) is 22.2 Å². The van der Waals surface area contributed by atoms with Crippen LogP contribution in [0.15, 0.2) is 36.5 Å². The monoisotopic (exact) mass is 281 g/mol. The number of halogens is 2. The molecule has 1 unspecified atom stereocenters. The third-order valence-electron chi connectivity index (χ3n) is 2.72. The van der Waals surface area contributed by atoms with Gasteiger partial charge in [-0.25, -0.2) is 0 Å². The second-order valence-electron chi connectivity index (χ2n) is 4.19. The fraction of sp³-hybridized carbons (Fsp3) is 0.214. The van der Waals surface area contributed by atoms with Gasteiger partial charge in [0.15, 0.2) is 0 Å². The molecule has 2 nitrogen and oxygen atoms in total. The number of hydrogen-bond acceptors (Lipinski definition) is 2. The van der Waals surface area contributed by atoms with E-state index in [4.69, 9.17) is 23.2 Å². The Balaban J connectivity index is 2.21. The molecule has 1 heterocycles. The van der Waals surface area contributed by atoms with E-state index >= 15 is 0 Å². The second kappa shape index (κ2) is 5.70. The van der Waals surface area contributed by atoms with Gasteiger partial charge >= 0.3 is 0 Å². The number of aliphatic hydroxyl groups excluding tert-OH is 1. The van der Waals surface area contributed by atoms with Crippen molar-refractivity contribution in [3.8, 4) is 0 Å². The Kier molecular flexibility index (Phi) is 4.23. The maximum atomic E-state index is 10.1. The quantitative estimate of drug-likeness (QED) is 0.923. The molecule has 0 amide bonds. The average molecular weight is 282 g/mol. The lowest BCUT2D eigenvalue weighted by molar-refractivity contribution is 0.174. The van der Waals surface area contributed by atoms with Crippen LogP contribution in [-0.2, 0) is 6.42 Å². The van der Waals surface area contributed by atoms with Crippen molar-refractivity contribution in [3.05, 3.63) is 63.4 Å². The second-order valence-corrected chi connectivity index (χ2v) is 5.00. The van der Waals surface area contributed by atoms with Gasteiger partial charge in [-0.2, -0.15) is 0 Å². The Hall–Kier alpha value is -1.09. The summed E-state index contributed by atoms with van der Waals surface area (Å²) in [6.45, 7) is 1.97. The average Bonchev–Trinajstić information content (AvgIpc) is 2.33. The van der Waals surface area contributed by atoms with E-state index in [-0.39, 0.29) is 0 Å². The van der Waals surface area contributed by atoms with Crippen molar-refractivity contribution in [2.75, 3.05) is 0 Å². The van der Waals surface area contributed by atoms with Gasteiger partial charge in [-0.15, -0.1) is 0 Å². The normalized spacial score (nSPS) is 12.4. The summed E-state index contributed by atoms with van der Waals surface area (Å²) in [7, 11) is 0. The number of nitrogens with zero attached hydrogens (tertiary/aromatic N) is 1. The molecule has 0 saturated carbocycles. The number of hydrogen-bond donors (Lipinski definition) is 1. The Morgan fingerprint density at radius 2 is 2.00 bits per heavy atom. The summed E-state index contributed by atoms with van der Waals surface area (Å²) in [5, 5.41) is 11.3. The Labute approximate surface area is 116 Å². The van der Waals surface area contributed by atoms with Crippen molar-refractivity contribution in [1.82, 2.24) is 4.98 Å².